The van der Waals surface area contributed by atoms with E-state index in [9.17, 15) is 9.59 Å². The maximum atomic E-state index is 11.8. The van der Waals surface area contributed by atoms with Crippen molar-refractivity contribution in [3.63, 3.8) is 0 Å². The van der Waals surface area contributed by atoms with Crippen molar-refractivity contribution in [2.45, 2.75) is 45.2 Å². The van der Waals surface area contributed by atoms with Gasteiger partial charge < -0.3 is 20.6 Å². The minimum absolute atomic E-state index is 0.0826. The predicted octanol–water partition coefficient (Wildman–Crippen LogP) is 0.879. The molecule has 0 aromatic carbocycles. The molecule has 1 aliphatic rings. The van der Waals surface area contributed by atoms with Crippen LogP contribution in [0.15, 0.2) is 0 Å². The van der Waals surface area contributed by atoms with Gasteiger partial charge in [0.1, 0.15) is 6.04 Å². The number of amides is 2. The SMILES string of the molecule is CCC(C)C(NC(=O)NC1CCN(C)CC1)C(=O)O. The number of carbonyl (C=O) groups is 2. The number of carbonyl (C=O) groups excluding carboxylic acids is 1. The van der Waals surface area contributed by atoms with Crippen LogP contribution in [0.5, 0.6) is 0 Å². The number of piperidine rings is 1. The lowest BCUT2D eigenvalue weighted by atomic mass is 9.99. The Morgan fingerprint density at radius 3 is 2.42 bits per heavy atom. The van der Waals surface area contributed by atoms with Gasteiger partial charge in [-0.2, -0.15) is 0 Å². The summed E-state index contributed by atoms with van der Waals surface area (Å²) in [6.45, 7) is 5.66. The Bertz CT molecular complexity index is 314. The molecule has 0 aromatic heterocycles. The van der Waals surface area contributed by atoms with Crippen molar-refractivity contribution in [3.05, 3.63) is 0 Å². The quantitative estimate of drug-likeness (QED) is 0.693. The molecule has 6 nitrogen and oxygen atoms in total. The number of carboxylic acid groups (broad SMARTS) is 1. The van der Waals surface area contributed by atoms with Gasteiger partial charge in [0.15, 0.2) is 0 Å². The van der Waals surface area contributed by atoms with Crippen molar-refractivity contribution in [1.82, 2.24) is 15.5 Å². The van der Waals surface area contributed by atoms with E-state index in [1.807, 2.05) is 13.8 Å². The molecule has 0 spiro atoms. The second kappa shape index (κ2) is 7.33. The monoisotopic (exact) mass is 271 g/mol. The van der Waals surface area contributed by atoms with Crippen LogP contribution >= 0.6 is 0 Å². The first kappa shape index (κ1) is 15.8. The summed E-state index contributed by atoms with van der Waals surface area (Å²) in [5.41, 5.74) is 0. The van der Waals surface area contributed by atoms with Gasteiger partial charge in [0.2, 0.25) is 0 Å². The summed E-state index contributed by atoms with van der Waals surface area (Å²) in [6.07, 6.45) is 2.53. The van der Waals surface area contributed by atoms with Crippen molar-refractivity contribution < 1.29 is 14.7 Å². The number of aliphatic carboxylic acids is 1. The third-order valence-corrected chi connectivity index (χ3v) is 3.82. The third kappa shape index (κ3) is 5.06. The molecule has 3 N–H and O–H groups in total. The van der Waals surface area contributed by atoms with E-state index in [2.05, 4.69) is 22.6 Å². The van der Waals surface area contributed by atoms with Crippen LogP contribution < -0.4 is 10.6 Å². The molecular weight excluding hydrogens is 246 g/mol. The van der Waals surface area contributed by atoms with Gasteiger partial charge in [-0.15, -0.1) is 0 Å². The van der Waals surface area contributed by atoms with Gasteiger partial charge in [0.05, 0.1) is 0 Å². The Morgan fingerprint density at radius 1 is 1.37 bits per heavy atom. The number of hydrogen-bond donors (Lipinski definition) is 3. The van der Waals surface area contributed by atoms with Crippen molar-refractivity contribution in [2.24, 2.45) is 5.92 Å². The molecule has 1 fully saturated rings. The van der Waals surface area contributed by atoms with Crippen LogP contribution in [0.4, 0.5) is 4.79 Å². The van der Waals surface area contributed by atoms with Crippen LogP contribution in [-0.4, -0.2) is 54.2 Å². The Hall–Kier alpha value is -1.30. The zero-order chi connectivity index (χ0) is 14.4. The van der Waals surface area contributed by atoms with E-state index in [0.29, 0.717) is 6.42 Å². The lowest BCUT2D eigenvalue weighted by Crippen LogP contribution is -2.53. The Kier molecular flexibility index (Phi) is 6.08. The van der Waals surface area contributed by atoms with E-state index in [-0.39, 0.29) is 18.0 Å². The van der Waals surface area contributed by atoms with Crippen molar-refractivity contribution in [2.75, 3.05) is 20.1 Å². The standard InChI is InChI=1S/C13H25N3O3/c1-4-9(2)11(12(17)18)15-13(19)14-10-5-7-16(3)8-6-10/h9-11H,4-8H2,1-3H3,(H,17,18)(H2,14,15,19). The molecule has 0 aromatic rings. The molecule has 1 rings (SSSR count). The summed E-state index contributed by atoms with van der Waals surface area (Å²) >= 11 is 0. The minimum atomic E-state index is -0.979. The number of rotatable bonds is 5. The molecule has 0 bridgehead atoms. The normalized spacial score (nSPS) is 20.6. The topological polar surface area (TPSA) is 81.7 Å². The van der Waals surface area contributed by atoms with Gasteiger partial charge in [-0.05, 0) is 38.9 Å². The molecule has 1 saturated heterocycles. The lowest BCUT2D eigenvalue weighted by Gasteiger charge is -2.30. The fraction of sp³-hybridized carbons (Fsp3) is 0.846. The van der Waals surface area contributed by atoms with Crippen LogP contribution in [0.3, 0.4) is 0 Å². The smallest absolute Gasteiger partial charge is 0.326 e. The molecular formula is C13H25N3O3. The second-order valence-electron chi connectivity index (χ2n) is 5.40. The Morgan fingerprint density at radius 2 is 1.95 bits per heavy atom. The highest BCUT2D eigenvalue weighted by Gasteiger charge is 2.26. The van der Waals surface area contributed by atoms with E-state index in [1.165, 1.54) is 0 Å². The lowest BCUT2D eigenvalue weighted by molar-refractivity contribution is -0.140. The van der Waals surface area contributed by atoms with Crippen molar-refractivity contribution in [1.29, 1.82) is 0 Å². The highest BCUT2D eigenvalue weighted by atomic mass is 16.4. The largest absolute Gasteiger partial charge is 0.480 e. The summed E-state index contributed by atoms with van der Waals surface area (Å²) in [5, 5.41) is 14.5. The van der Waals surface area contributed by atoms with Crippen LogP contribution in [0, 0.1) is 5.92 Å². The van der Waals surface area contributed by atoms with Gasteiger partial charge in [-0.3, -0.25) is 0 Å². The van der Waals surface area contributed by atoms with Crippen molar-refractivity contribution >= 4 is 12.0 Å². The fourth-order valence-corrected chi connectivity index (χ4v) is 2.20. The molecule has 2 atom stereocenters. The first-order chi connectivity index (χ1) is 8.93. The third-order valence-electron chi connectivity index (χ3n) is 3.82. The average molecular weight is 271 g/mol. The summed E-state index contributed by atoms with van der Waals surface area (Å²) < 4.78 is 0. The van der Waals surface area contributed by atoms with Crippen molar-refractivity contribution in [3.8, 4) is 0 Å². The number of carboxylic acids is 1. The number of nitrogens with zero attached hydrogens (tertiary/aromatic N) is 1. The summed E-state index contributed by atoms with van der Waals surface area (Å²) in [7, 11) is 2.06. The van der Waals surface area contributed by atoms with Crippen LogP contribution in [0.1, 0.15) is 33.1 Å². The molecule has 1 aliphatic heterocycles. The molecule has 19 heavy (non-hydrogen) atoms. The van der Waals surface area contributed by atoms with E-state index >= 15 is 0 Å². The van der Waals surface area contributed by atoms with Gasteiger partial charge in [0.25, 0.3) is 0 Å². The van der Waals surface area contributed by atoms with E-state index in [0.717, 1.165) is 25.9 Å². The zero-order valence-corrected chi connectivity index (χ0v) is 12.0. The minimum Gasteiger partial charge on any atom is -0.480 e. The van der Waals surface area contributed by atoms with E-state index in [1.54, 1.807) is 0 Å². The van der Waals surface area contributed by atoms with E-state index < -0.39 is 12.0 Å². The van der Waals surface area contributed by atoms with E-state index in [4.69, 9.17) is 5.11 Å². The Balaban J connectivity index is 2.42. The molecule has 2 amide bonds. The number of nitrogens with one attached hydrogen (secondary N) is 2. The molecule has 0 radical (unpaired) electrons. The number of hydrogen-bond acceptors (Lipinski definition) is 3. The van der Waals surface area contributed by atoms with Gasteiger partial charge >= 0.3 is 12.0 Å². The molecule has 110 valence electrons. The molecule has 0 saturated carbocycles. The number of urea groups is 1. The van der Waals surface area contributed by atoms with Crippen LogP contribution in [0.2, 0.25) is 0 Å². The van der Waals surface area contributed by atoms with Gasteiger partial charge in [-0.25, -0.2) is 9.59 Å². The predicted molar refractivity (Wildman–Crippen MR) is 73.1 cm³/mol. The molecule has 6 heteroatoms. The van der Waals surface area contributed by atoms with Crippen LogP contribution in [0.25, 0.3) is 0 Å². The maximum absolute atomic E-state index is 11.8. The van der Waals surface area contributed by atoms with Gasteiger partial charge in [-0.1, -0.05) is 20.3 Å². The van der Waals surface area contributed by atoms with Gasteiger partial charge in [0, 0.05) is 6.04 Å². The average Bonchev–Trinajstić information content (AvgIpc) is 2.37. The fourth-order valence-electron chi connectivity index (χ4n) is 2.20. The first-order valence-corrected chi connectivity index (χ1v) is 6.92. The Labute approximate surface area is 114 Å². The first-order valence-electron chi connectivity index (χ1n) is 6.92. The summed E-state index contributed by atoms with van der Waals surface area (Å²) in [5.74, 6) is -1.06. The zero-order valence-electron chi connectivity index (χ0n) is 12.0. The summed E-state index contributed by atoms with van der Waals surface area (Å²) in [6, 6.07) is -1.05. The highest BCUT2D eigenvalue weighted by molar-refractivity contribution is 5.82. The highest BCUT2D eigenvalue weighted by Crippen LogP contribution is 2.10. The second-order valence-corrected chi connectivity index (χ2v) is 5.40. The summed E-state index contributed by atoms with van der Waals surface area (Å²) in [4.78, 5) is 25.2. The molecule has 1 heterocycles. The molecule has 2 unspecified atom stereocenters. The molecule has 0 aliphatic carbocycles. The maximum Gasteiger partial charge on any atom is 0.326 e. The number of likely N-dealkylation sites (tertiary alicyclic amines) is 1. The van der Waals surface area contributed by atoms with Crippen LogP contribution in [-0.2, 0) is 4.79 Å².